The summed E-state index contributed by atoms with van der Waals surface area (Å²) in [5.74, 6) is 0.499. The van der Waals surface area contributed by atoms with E-state index in [0.717, 1.165) is 14.5 Å². The van der Waals surface area contributed by atoms with E-state index < -0.39 is 0 Å². The van der Waals surface area contributed by atoms with Gasteiger partial charge in [0.15, 0.2) is 5.82 Å². The molecule has 6 nitrogen and oxygen atoms in total. The number of amides is 1. The molecule has 0 bridgehead atoms. The Morgan fingerprint density at radius 3 is 2.60 bits per heavy atom. The lowest BCUT2D eigenvalue weighted by atomic mass is 10.2. The van der Waals surface area contributed by atoms with Crippen LogP contribution < -0.4 is 5.32 Å². The fraction of sp³-hybridized carbons (Fsp3) is 0.333. The maximum atomic E-state index is 12.1. The molecular formula is C12H13Br2N5O. The van der Waals surface area contributed by atoms with Crippen LogP contribution in [0, 0.1) is 6.92 Å². The molecule has 1 amide bonds. The number of nitrogens with one attached hydrogen (secondary N) is 1. The number of rotatable bonds is 4. The Morgan fingerprint density at radius 2 is 2.00 bits per heavy atom. The fourth-order valence-electron chi connectivity index (χ4n) is 1.73. The number of nitrogens with zero attached hydrogens (tertiary/aromatic N) is 4. The number of benzene rings is 1. The van der Waals surface area contributed by atoms with E-state index in [1.807, 2.05) is 26.0 Å². The summed E-state index contributed by atoms with van der Waals surface area (Å²) in [6.07, 6.45) is 0.679. The Morgan fingerprint density at radius 1 is 1.35 bits per heavy atom. The topological polar surface area (TPSA) is 72.7 Å². The third kappa shape index (κ3) is 3.43. The van der Waals surface area contributed by atoms with Gasteiger partial charge in [-0.15, -0.1) is 5.10 Å². The van der Waals surface area contributed by atoms with Crippen molar-refractivity contribution >= 4 is 43.5 Å². The largest absolute Gasteiger partial charge is 0.323 e. The van der Waals surface area contributed by atoms with Crippen molar-refractivity contribution in [3.05, 3.63) is 32.5 Å². The van der Waals surface area contributed by atoms with Crippen molar-refractivity contribution in [2.24, 2.45) is 0 Å². The van der Waals surface area contributed by atoms with Gasteiger partial charge in [0.05, 0.1) is 5.69 Å². The molecule has 0 unspecified atom stereocenters. The van der Waals surface area contributed by atoms with Gasteiger partial charge in [-0.25, -0.2) is 4.68 Å². The molecule has 0 saturated carbocycles. The molecule has 1 N–H and O–H groups in total. The lowest BCUT2D eigenvalue weighted by molar-refractivity contribution is -0.117. The van der Waals surface area contributed by atoms with Gasteiger partial charge in [0, 0.05) is 15.4 Å². The van der Waals surface area contributed by atoms with Crippen molar-refractivity contribution in [2.75, 3.05) is 5.32 Å². The molecule has 20 heavy (non-hydrogen) atoms. The maximum absolute atomic E-state index is 12.1. The standard InChI is InChI=1S/C12H13Br2N5O/c1-3-10-16-17-18-19(10)6-11(20)15-12-8(13)4-7(2)5-9(12)14/h4-5H,3,6H2,1-2H3,(H,15,20). The molecule has 1 aromatic carbocycles. The summed E-state index contributed by atoms with van der Waals surface area (Å²) in [4.78, 5) is 12.1. The Hall–Kier alpha value is -1.28. The lowest BCUT2D eigenvalue weighted by Gasteiger charge is -2.11. The van der Waals surface area contributed by atoms with Crippen LogP contribution in [0.3, 0.4) is 0 Å². The Kier molecular flexibility index (Phi) is 4.87. The first-order valence-corrected chi connectivity index (χ1v) is 7.60. The highest BCUT2D eigenvalue weighted by atomic mass is 79.9. The van der Waals surface area contributed by atoms with Crippen molar-refractivity contribution in [2.45, 2.75) is 26.8 Å². The quantitative estimate of drug-likeness (QED) is 0.853. The summed E-state index contributed by atoms with van der Waals surface area (Å²) in [5, 5.41) is 14.1. The zero-order valence-corrected chi connectivity index (χ0v) is 14.2. The number of hydrogen-bond acceptors (Lipinski definition) is 4. The van der Waals surface area contributed by atoms with E-state index in [1.165, 1.54) is 4.68 Å². The molecule has 0 aliphatic carbocycles. The Bertz CT molecular complexity index is 618. The van der Waals surface area contributed by atoms with E-state index >= 15 is 0 Å². The number of aromatic nitrogens is 4. The van der Waals surface area contributed by atoms with Crippen LogP contribution in [0.5, 0.6) is 0 Å². The second-order valence-electron chi connectivity index (χ2n) is 4.26. The highest BCUT2D eigenvalue weighted by molar-refractivity contribution is 9.11. The Labute approximate surface area is 133 Å². The van der Waals surface area contributed by atoms with Gasteiger partial charge in [0.1, 0.15) is 6.54 Å². The number of carbonyl (C=O) groups is 1. The van der Waals surface area contributed by atoms with Gasteiger partial charge in [-0.05, 0) is 66.9 Å². The molecule has 0 saturated heterocycles. The lowest BCUT2D eigenvalue weighted by Crippen LogP contribution is -2.21. The van der Waals surface area contributed by atoms with Crippen LogP contribution in [0.15, 0.2) is 21.1 Å². The SMILES string of the molecule is CCc1nnnn1CC(=O)Nc1c(Br)cc(C)cc1Br. The number of anilines is 1. The second kappa shape index (κ2) is 6.45. The molecule has 1 heterocycles. The highest BCUT2D eigenvalue weighted by Gasteiger charge is 2.13. The molecule has 0 atom stereocenters. The number of tetrazole rings is 1. The van der Waals surface area contributed by atoms with Crippen LogP contribution in [0.4, 0.5) is 5.69 Å². The number of halogens is 2. The van der Waals surface area contributed by atoms with E-state index in [4.69, 9.17) is 0 Å². The summed E-state index contributed by atoms with van der Waals surface area (Å²) in [6, 6.07) is 3.88. The second-order valence-corrected chi connectivity index (χ2v) is 5.97. The fourth-order valence-corrected chi connectivity index (χ4v) is 3.35. The monoisotopic (exact) mass is 401 g/mol. The summed E-state index contributed by atoms with van der Waals surface area (Å²) in [7, 11) is 0. The molecule has 2 rings (SSSR count). The molecule has 0 spiro atoms. The zero-order valence-electron chi connectivity index (χ0n) is 11.0. The zero-order chi connectivity index (χ0) is 14.7. The van der Waals surface area contributed by atoms with Crippen molar-refractivity contribution < 1.29 is 4.79 Å². The summed E-state index contributed by atoms with van der Waals surface area (Å²) >= 11 is 6.88. The van der Waals surface area contributed by atoms with Gasteiger partial charge >= 0.3 is 0 Å². The van der Waals surface area contributed by atoms with E-state index in [2.05, 4.69) is 52.7 Å². The normalized spacial score (nSPS) is 10.6. The van der Waals surface area contributed by atoms with Gasteiger partial charge in [0.2, 0.25) is 5.91 Å². The van der Waals surface area contributed by atoms with E-state index in [1.54, 1.807) is 0 Å². The third-order valence-corrected chi connectivity index (χ3v) is 3.92. The average Bonchev–Trinajstić information content (AvgIpc) is 2.81. The predicted octanol–water partition coefficient (Wildman–Crippen LogP) is 2.71. The van der Waals surface area contributed by atoms with E-state index in [-0.39, 0.29) is 12.5 Å². The molecule has 106 valence electrons. The van der Waals surface area contributed by atoms with Gasteiger partial charge in [-0.2, -0.15) is 0 Å². The van der Waals surface area contributed by atoms with Crippen molar-refractivity contribution in [3.8, 4) is 0 Å². The first kappa shape index (κ1) is 15.1. The molecule has 0 aliphatic rings. The van der Waals surface area contributed by atoms with Gasteiger partial charge in [-0.3, -0.25) is 4.79 Å². The minimum atomic E-state index is -0.183. The van der Waals surface area contributed by atoms with Crippen LogP contribution in [0.1, 0.15) is 18.3 Å². The highest BCUT2D eigenvalue weighted by Crippen LogP contribution is 2.32. The van der Waals surface area contributed by atoms with Crippen molar-refractivity contribution in [1.82, 2.24) is 20.2 Å². The minimum Gasteiger partial charge on any atom is -0.323 e. The molecule has 0 fully saturated rings. The van der Waals surface area contributed by atoms with Crippen LogP contribution in [0.2, 0.25) is 0 Å². The van der Waals surface area contributed by atoms with Gasteiger partial charge in [0.25, 0.3) is 0 Å². The number of hydrogen-bond donors (Lipinski definition) is 1. The minimum absolute atomic E-state index is 0.0862. The Balaban J connectivity index is 2.13. The predicted molar refractivity (Wildman–Crippen MR) is 82.4 cm³/mol. The number of carbonyl (C=O) groups excluding carboxylic acids is 1. The third-order valence-electron chi connectivity index (χ3n) is 2.67. The molecule has 0 radical (unpaired) electrons. The number of aryl methyl sites for hydroxylation is 2. The molecular weight excluding hydrogens is 390 g/mol. The molecule has 8 heteroatoms. The van der Waals surface area contributed by atoms with Crippen LogP contribution in [-0.4, -0.2) is 26.1 Å². The first-order valence-electron chi connectivity index (χ1n) is 6.01. The summed E-state index contributed by atoms with van der Waals surface area (Å²) < 4.78 is 3.14. The first-order chi connectivity index (χ1) is 9.51. The smallest absolute Gasteiger partial charge is 0.246 e. The molecule has 0 aliphatic heterocycles. The van der Waals surface area contributed by atoms with Crippen LogP contribution in [-0.2, 0) is 17.8 Å². The van der Waals surface area contributed by atoms with E-state index in [9.17, 15) is 4.79 Å². The van der Waals surface area contributed by atoms with Crippen LogP contribution in [0.25, 0.3) is 0 Å². The van der Waals surface area contributed by atoms with Gasteiger partial charge in [-0.1, -0.05) is 6.92 Å². The summed E-state index contributed by atoms with van der Waals surface area (Å²) in [6.45, 7) is 4.01. The molecule has 2 aromatic rings. The summed E-state index contributed by atoms with van der Waals surface area (Å²) in [5.41, 5.74) is 1.79. The molecule has 1 aromatic heterocycles. The van der Waals surface area contributed by atoms with Gasteiger partial charge < -0.3 is 5.32 Å². The average molecular weight is 403 g/mol. The van der Waals surface area contributed by atoms with Crippen molar-refractivity contribution in [3.63, 3.8) is 0 Å². The van der Waals surface area contributed by atoms with E-state index in [0.29, 0.717) is 17.9 Å². The van der Waals surface area contributed by atoms with Crippen LogP contribution >= 0.6 is 31.9 Å². The van der Waals surface area contributed by atoms with Crippen molar-refractivity contribution in [1.29, 1.82) is 0 Å². The maximum Gasteiger partial charge on any atom is 0.246 e.